The van der Waals surface area contributed by atoms with Crippen LogP contribution in [0.2, 0.25) is 0 Å². The number of hydrogen-bond acceptors (Lipinski definition) is 6. The second kappa shape index (κ2) is 12.8. The van der Waals surface area contributed by atoms with Crippen LogP contribution < -0.4 is 10.5 Å². The molecule has 224 valence electrons. The summed E-state index contributed by atoms with van der Waals surface area (Å²) in [6.07, 6.45) is 0.994. The number of rotatable bonds is 9. The van der Waals surface area contributed by atoms with Crippen molar-refractivity contribution in [3.63, 3.8) is 0 Å². The van der Waals surface area contributed by atoms with Crippen molar-refractivity contribution in [2.24, 2.45) is 5.73 Å². The van der Waals surface area contributed by atoms with Crippen LogP contribution in [-0.2, 0) is 33.1 Å². The summed E-state index contributed by atoms with van der Waals surface area (Å²) in [5.74, 6) is 0.216. The molecule has 0 bridgehead atoms. The van der Waals surface area contributed by atoms with Gasteiger partial charge in [0.15, 0.2) is 0 Å². The lowest BCUT2D eigenvalue weighted by Crippen LogP contribution is -2.25. The highest BCUT2D eigenvalue weighted by molar-refractivity contribution is 8.17. The van der Waals surface area contributed by atoms with E-state index in [1.54, 1.807) is 0 Å². The molecule has 0 radical (unpaired) electrons. The van der Waals surface area contributed by atoms with Gasteiger partial charge in [-0.25, -0.2) is 0 Å². The van der Waals surface area contributed by atoms with Crippen LogP contribution in [0.15, 0.2) is 34.1 Å². The average Bonchev–Trinajstić information content (AvgIpc) is 2.82. The molecular formula is C34H53NO3S2. The first-order valence-corrected chi connectivity index (χ1v) is 16.1. The normalized spacial score (nSPS) is 13.9. The molecule has 0 aliphatic rings. The van der Waals surface area contributed by atoms with Crippen molar-refractivity contribution in [3.05, 3.63) is 52.1 Å². The van der Waals surface area contributed by atoms with Crippen molar-refractivity contribution in [1.29, 1.82) is 0 Å². The molecule has 0 amide bonds. The van der Waals surface area contributed by atoms with E-state index < -0.39 is 5.97 Å². The van der Waals surface area contributed by atoms with Gasteiger partial charge in [0.2, 0.25) is 0 Å². The molecule has 0 heterocycles. The molecule has 4 nitrogen and oxygen atoms in total. The highest BCUT2D eigenvalue weighted by atomic mass is 32.2. The molecule has 0 saturated carbocycles. The topological polar surface area (TPSA) is 72.5 Å². The van der Waals surface area contributed by atoms with E-state index >= 15 is 0 Å². The van der Waals surface area contributed by atoms with Gasteiger partial charge in [-0.3, -0.25) is 4.79 Å². The Kier molecular flexibility index (Phi) is 11.1. The number of aliphatic hydroxyl groups excluding tert-OH is 1. The maximum Gasteiger partial charge on any atom is 0.325 e. The lowest BCUT2D eigenvalue weighted by molar-refractivity contribution is -0.132. The molecule has 40 heavy (non-hydrogen) atoms. The third-order valence-corrected chi connectivity index (χ3v) is 9.72. The van der Waals surface area contributed by atoms with Gasteiger partial charge < -0.3 is 15.6 Å². The maximum absolute atomic E-state index is 12.3. The fourth-order valence-electron chi connectivity index (χ4n) is 4.80. The molecule has 2 rings (SSSR count). The Morgan fingerprint density at radius 1 is 0.800 bits per heavy atom. The number of carbonyl (C=O) groups is 1. The molecule has 3 N–H and O–H groups in total. The Balaban J connectivity index is 2.60. The molecule has 2 aromatic carbocycles. The van der Waals surface area contributed by atoms with Crippen LogP contribution in [0, 0.1) is 0 Å². The molecule has 0 aromatic heterocycles. The smallest absolute Gasteiger partial charge is 0.325 e. The Morgan fingerprint density at radius 2 is 1.20 bits per heavy atom. The van der Waals surface area contributed by atoms with Gasteiger partial charge >= 0.3 is 5.97 Å². The first-order chi connectivity index (χ1) is 18.1. The molecule has 0 saturated heterocycles. The van der Waals surface area contributed by atoms with Crippen LogP contribution in [-0.4, -0.2) is 22.2 Å². The van der Waals surface area contributed by atoms with Crippen molar-refractivity contribution in [1.82, 2.24) is 0 Å². The van der Waals surface area contributed by atoms with Crippen LogP contribution in [0.5, 0.6) is 5.75 Å². The van der Waals surface area contributed by atoms with E-state index in [2.05, 4.69) is 114 Å². The second-order valence-electron chi connectivity index (χ2n) is 14.5. The third-order valence-electron chi connectivity index (χ3n) is 7.47. The minimum Gasteiger partial charge on any atom is -0.425 e. The summed E-state index contributed by atoms with van der Waals surface area (Å²) < 4.78 is 6.08. The van der Waals surface area contributed by atoms with Crippen molar-refractivity contribution < 1.29 is 14.6 Å². The zero-order valence-corrected chi connectivity index (χ0v) is 28.8. The van der Waals surface area contributed by atoms with E-state index in [1.165, 1.54) is 16.0 Å². The molecular weight excluding hydrogens is 535 g/mol. The number of thioether (sulfide) groups is 2. The third kappa shape index (κ3) is 8.53. The summed E-state index contributed by atoms with van der Waals surface area (Å²) in [5.41, 5.74) is 10.6. The monoisotopic (exact) mass is 587 g/mol. The summed E-state index contributed by atoms with van der Waals surface area (Å²) in [6.45, 7) is 28.4. The Bertz CT molecular complexity index is 1160. The predicted molar refractivity (Wildman–Crippen MR) is 174 cm³/mol. The Morgan fingerprint density at radius 3 is 1.55 bits per heavy atom. The largest absolute Gasteiger partial charge is 0.425 e. The van der Waals surface area contributed by atoms with Gasteiger partial charge in [0.25, 0.3) is 0 Å². The highest BCUT2D eigenvalue weighted by Gasteiger charge is 2.31. The summed E-state index contributed by atoms with van der Waals surface area (Å²) in [4.78, 5) is 14.7. The zero-order valence-electron chi connectivity index (χ0n) is 27.2. The molecule has 0 fully saturated rings. The average molecular weight is 588 g/mol. The van der Waals surface area contributed by atoms with Crippen LogP contribution >= 0.6 is 23.5 Å². The van der Waals surface area contributed by atoms with Gasteiger partial charge in [-0.2, -0.15) is 0 Å². The number of hydrogen-bond donors (Lipinski definition) is 2. The molecule has 0 aliphatic heterocycles. The molecule has 0 spiro atoms. The van der Waals surface area contributed by atoms with Gasteiger partial charge in [0.05, 0.1) is 17.7 Å². The lowest BCUT2D eigenvalue weighted by atomic mass is 9.74. The molecule has 1 unspecified atom stereocenters. The van der Waals surface area contributed by atoms with Gasteiger partial charge in [0, 0.05) is 20.9 Å². The first-order valence-electron chi connectivity index (χ1n) is 14.4. The van der Waals surface area contributed by atoms with E-state index in [-0.39, 0.29) is 39.4 Å². The van der Waals surface area contributed by atoms with E-state index in [1.807, 2.05) is 23.5 Å². The zero-order chi connectivity index (χ0) is 30.8. The first kappa shape index (κ1) is 34.7. The molecule has 2 aromatic rings. The Hall–Kier alpha value is -1.47. The number of esters is 1. The van der Waals surface area contributed by atoms with E-state index in [4.69, 9.17) is 10.5 Å². The number of aliphatic hydroxyl groups is 1. The van der Waals surface area contributed by atoms with Gasteiger partial charge in [-0.1, -0.05) is 83.1 Å². The van der Waals surface area contributed by atoms with E-state index in [9.17, 15) is 9.90 Å². The van der Waals surface area contributed by atoms with Crippen LogP contribution in [0.4, 0.5) is 0 Å². The number of ether oxygens (including phenoxy) is 1. The number of benzene rings is 2. The molecule has 6 heteroatoms. The minimum atomic E-state index is -0.424. The van der Waals surface area contributed by atoms with Gasteiger partial charge in [0.1, 0.15) is 5.75 Å². The number of carbonyl (C=O) groups excluding carboxylic acids is 1. The maximum atomic E-state index is 12.3. The van der Waals surface area contributed by atoms with Crippen LogP contribution in [0.25, 0.3) is 0 Å². The fraction of sp³-hybridized carbons (Fsp3) is 0.618. The Labute approximate surface area is 252 Å². The summed E-state index contributed by atoms with van der Waals surface area (Å²) in [7, 11) is 0. The minimum absolute atomic E-state index is 0.0367. The highest BCUT2D eigenvalue weighted by Crippen LogP contribution is 2.46. The summed E-state index contributed by atoms with van der Waals surface area (Å²) >= 11 is 3.68. The van der Waals surface area contributed by atoms with Gasteiger partial charge in [-0.15, -0.1) is 23.5 Å². The summed E-state index contributed by atoms with van der Waals surface area (Å²) in [5, 5.41) is 10.4. The molecule has 0 aliphatic carbocycles. The second-order valence-corrected chi connectivity index (χ2v) is 17.6. The van der Waals surface area contributed by atoms with Crippen molar-refractivity contribution in [3.8, 4) is 5.75 Å². The van der Waals surface area contributed by atoms with Crippen LogP contribution in [0.3, 0.4) is 0 Å². The van der Waals surface area contributed by atoms with Gasteiger partial charge in [-0.05, 0) is 76.0 Å². The standard InChI is InChI=1S/C34H53NO3S2/c1-14-34(12,13)26-16-22(15-25(24(26)20-36)31(3,4)5)39-21(2)40-23-17-27(32(6,7)8)30(38-29(37)19-35)28(18-23)33(9,10)11/h15-18,21,36H,14,19-20,35H2,1-13H3. The SMILES string of the molecule is CCC(C)(C)c1cc(SC(C)Sc2cc(C(C)(C)C)c(OC(=O)CN)c(C(C)(C)C)c2)cc(C(C)(C)C)c1CO. The number of nitrogens with two attached hydrogens (primary N) is 1. The van der Waals surface area contributed by atoms with Crippen LogP contribution in [0.1, 0.15) is 124 Å². The summed E-state index contributed by atoms with van der Waals surface area (Å²) in [6, 6.07) is 8.93. The lowest BCUT2D eigenvalue weighted by Gasteiger charge is -2.32. The quantitative estimate of drug-likeness (QED) is 0.132. The van der Waals surface area contributed by atoms with E-state index in [0.29, 0.717) is 5.75 Å². The fourth-order valence-corrected chi connectivity index (χ4v) is 7.17. The molecule has 1 atom stereocenters. The predicted octanol–water partition coefficient (Wildman–Crippen LogP) is 8.85. The van der Waals surface area contributed by atoms with Crippen molar-refractivity contribution in [2.45, 2.75) is 139 Å². The van der Waals surface area contributed by atoms with E-state index in [0.717, 1.165) is 28.0 Å². The van der Waals surface area contributed by atoms with Crippen molar-refractivity contribution in [2.75, 3.05) is 6.54 Å². The van der Waals surface area contributed by atoms with Crippen molar-refractivity contribution >= 4 is 29.5 Å².